The number of alkyl halides is 1. The summed E-state index contributed by atoms with van der Waals surface area (Å²) in [6, 6.07) is 0. The summed E-state index contributed by atoms with van der Waals surface area (Å²) < 4.78 is 0. The molecule has 0 aromatic carbocycles. The smallest absolute Gasteiger partial charge is 0.303 e. The Balaban J connectivity index is 3.43. The van der Waals surface area contributed by atoms with E-state index in [0.29, 0.717) is 5.92 Å². The number of aliphatic carboxylic acids is 1. The number of hydrogen-bond acceptors (Lipinski definition) is 1. The van der Waals surface area contributed by atoms with Gasteiger partial charge in [0.05, 0.1) is 0 Å². The molecule has 0 fully saturated rings. The van der Waals surface area contributed by atoms with Gasteiger partial charge in [-0.25, -0.2) is 0 Å². The highest BCUT2D eigenvalue weighted by molar-refractivity contribution is 9.09. The van der Waals surface area contributed by atoms with Crippen LogP contribution in [0.15, 0.2) is 0 Å². The Bertz CT molecular complexity index is 89.1. The highest BCUT2D eigenvalue weighted by Gasteiger charge is 2.07. The molecule has 0 aromatic rings. The van der Waals surface area contributed by atoms with Crippen molar-refractivity contribution in [3.63, 3.8) is 0 Å². The highest BCUT2D eigenvalue weighted by atomic mass is 79.9. The zero-order chi connectivity index (χ0) is 7.28. The van der Waals surface area contributed by atoms with Crippen LogP contribution in [0.25, 0.3) is 0 Å². The second-order valence-corrected chi connectivity index (χ2v) is 2.67. The Morgan fingerprint density at radius 1 is 1.78 bits per heavy atom. The standard InChI is InChI=1S/C6H11BrO2/c1-2-5(4-7)3-6(8)9/h5H,2-4H2,1H3,(H,8,9). The van der Waals surface area contributed by atoms with Gasteiger partial charge in [-0.1, -0.05) is 29.3 Å². The third-order valence-corrected chi connectivity index (χ3v) is 2.17. The van der Waals surface area contributed by atoms with Crippen LogP contribution in [0.4, 0.5) is 0 Å². The van der Waals surface area contributed by atoms with E-state index in [1.165, 1.54) is 0 Å². The molecule has 0 heterocycles. The van der Waals surface area contributed by atoms with Crippen molar-refractivity contribution in [2.45, 2.75) is 19.8 Å². The number of hydrogen-bond donors (Lipinski definition) is 1. The first-order valence-electron chi connectivity index (χ1n) is 2.98. The van der Waals surface area contributed by atoms with Gasteiger partial charge in [-0.2, -0.15) is 0 Å². The molecule has 3 heteroatoms. The van der Waals surface area contributed by atoms with Crippen molar-refractivity contribution >= 4 is 21.9 Å². The van der Waals surface area contributed by atoms with E-state index in [2.05, 4.69) is 15.9 Å². The molecule has 0 aliphatic rings. The van der Waals surface area contributed by atoms with Crippen LogP contribution in [0.3, 0.4) is 0 Å². The zero-order valence-electron chi connectivity index (χ0n) is 5.43. The monoisotopic (exact) mass is 194 g/mol. The Morgan fingerprint density at radius 3 is 2.44 bits per heavy atom. The van der Waals surface area contributed by atoms with Gasteiger partial charge in [0.15, 0.2) is 0 Å². The maximum absolute atomic E-state index is 10.1. The summed E-state index contributed by atoms with van der Waals surface area (Å²) >= 11 is 3.24. The molecule has 0 rings (SSSR count). The van der Waals surface area contributed by atoms with E-state index >= 15 is 0 Å². The van der Waals surface area contributed by atoms with Crippen molar-refractivity contribution in [3.8, 4) is 0 Å². The van der Waals surface area contributed by atoms with E-state index in [9.17, 15) is 4.79 Å². The van der Waals surface area contributed by atoms with Gasteiger partial charge in [0.2, 0.25) is 0 Å². The third-order valence-electron chi connectivity index (χ3n) is 1.26. The summed E-state index contributed by atoms with van der Waals surface area (Å²) in [6.45, 7) is 1.99. The summed E-state index contributed by atoms with van der Waals surface area (Å²) in [5.74, 6) is -0.413. The highest BCUT2D eigenvalue weighted by Crippen LogP contribution is 2.10. The van der Waals surface area contributed by atoms with Gasteiger partial charge in [0.1, 0.15) is 0 Å². The first-order chi connectivity index (χ1) is 4.20. The number of carbonyl (C=O) groups is 1. The van der Waals surface area contributed by atoms with Crippen molar-refractivity contribution < 1.29 is 9.90 Å². The van der Waals surface area contributed by atoms with Crippen molar-refractivity contribution in [2.75, 3.05) is 5.33 Å². The average Bonchev–Trinajstić information content (AvgIpc) is 1.82. The molecule has 2 nitrogen and oxygen atoms in total. The molecule has 0 spiro atoms. The van der Waals surface area contributed by atoms with Crippen LogP contribution in [0.2, 0.25) is 0 Å². The second kappa shape index (κ2) is 4.79. The number of carboxylic acids is 1. The normalized spacial score (nSPS) is 13.1. The molecule has 9 heavy (non-hydrogen) atoms. The van der Waals surface area contributed by atoms with Gasteiger partial charge in [-0.3, -0.25) is 4.79 Å². The summed E-state index contributed by atoms with van der Waals surface area (Å²) in [7, 11) is 0. The van der Waals surface area contributed by atoms with Crippen LogP contribution in [-0.2, 0) is 4.79 Å². The maximum atomic E-state index is 10.1. The molecule has 0 saturated heterocycles. The van der Waals surface area contributed by atoms with E-state index in [4.69, 9.17) is 5.11 Å². The molecular weight excluding hydrogens is 184 g/mol. The fourth-order valence-electron chi connectivity index (χ4n) is 0.555. The summed E-state index contributed by atoms with van der Waals surface area (Å²) in [5, 5.41) is 9.11. The minimum Gasteiger partial charge on any atom is -0.481 e. The Labute approximate surface area is 63.4 Å². The van der Waals surface area contributed by atoms with Gasteiger partial charge in [0.25, 0.3) is 0 Å². The van der Waals surface area contributed by atoms with E-state index in [0.717, 1.165) is 11.8 Å². The quantitative estimate of drug-likeness (QED) is 0.695. The minimum atomic E-state index is -0.707. The molecule has 0 aliphatic carbocycles. The van der Waals surface area contributed by atoms with E-state index in [1.54, 1.807) is 0 Å². The van der Waals surface area contributed by atoms with Crippen LogP contribution in [-0.4, -0.2) is 16.4 Å². The SMILES string of the molecule is CCC(CBr)CC(=O)O. The lowest BCUT2D eigenvalue weighted by Crippen LogP contribution is -2.07. The van der Waals surface area contributed by atoms with Crippen LogP contribution in [0.5, 0.6) is 0 Å². The molecule has 0 radical (unpaired) electrons. The molecule has 0 aliphatic heterocycles. The molecule has 0 aromatic heterocycles. The largest absolute Gasteiger partial charge is 0.481 e. The Hall–Kier alpha value is -0.0500. The number of carboxylic acid groups (broad SMARTS) is 1. The van der Waals surface area contributed by atoms with Gasteiger partial charge in [0, 0.05) is 11.8 Å². The van der Waals surface area contributed by atoms with Crippen LogP contribution >= 0.6 is 15.9 Å². The van der Waals surface area contributed by atoms with Gasteiger partial charge in [-0.15, -0.1) is 0 Å². The zero-order valence-corrected chi connectivity index (χ0v) is 7.02. The molecule has 1 atom stereocenters. The van der Waals surface area contributed by atoms with Gasteiger partial charge >= 0.3 is 5.97 Å². The van der Waals surface area contributed by atoms with Crippen molar-refractivity contribution in [1.29, 1.82) is 0 Å². The summed E-state index contributed by atoms with van der Waals surface area (Å²) in [4.78, 5) is 10.1. The molecular formula is C6H11BrO2. The van der Waals surface area contributed by atoms with Crippen molar-refractivity contribution in [3.05, 3.63) is 0 Å². The Morgan fingerprint density at radius 2 is 2.33 bits per heavy atom. The van der Waals surface area contributed by atoms with Crippen LogP contribution in [0, 0.1) is 5.92 Å². The topological polar surface area (TPSA) is 37.3 Å². The Kier molecular flexibility index (Phi) is 4.77. The number of rotatable bonds is 4. The minimum absolute atomic E-state index is 0.280. The van der Waals surface area contributed by atoms with Crippen LogP contribution in [0.1, 0.15) is 19.8 Å². The van der Waals surface area contributed by atoms with Crippen molar-refractivity contribution in [2.24, 2.45) is 5.92 Å². The maximum Gasteiger partial charge on any atom is 0.303 e. The lowest BCUT2D eigenvalue weighted by atomic mass is 10.1. The van der Waals surface area contributed by atoms with Crippen LogP contribution < -0.4 is 0 Å². The predicted molar refractivity (Wildman–Crippen MR) is 39.8 cm³/mol. The van der Waals surface area contributed by atoms with E-state index in [-0.39, 0.29) is 6.42 Å². The predicted octanol–water partition coefficient (Wildman–Crippen LogP) is 1.88. The lowest BCUT2D eigenvalue weighted by molar-refractivity contribution is -0.137. The molecule has 0 amide bonds. The van der Waals surface area contributed by atoms with Crippen molar-refractivity contribution in [1.82, 2.24) is 0 Å². The summed E-state index contributed by atoms with van der Waals surface area (Å²) in [5.41, 5.74) is 0. The number of halogens is 1. The summed E-state index contributed by atoms with van der Waals surface area (Å²) in [6.07, 6.45) is 1.21. The molecule has 1 N–H and O–H groups in total. The lowest BCUT2D eigenvalue weighted by Gasteiger charge is -2.05. The first-order valence-corrected chi connectivity index (χ1v) is 4.10. The molecule has 1 unspecified atom stereocenters. The van der Waals surface area contributed by atoms with E-state index in [1.807, 2.05) is 6.92 Å². The molecule has 54 valence electrons. The second-order valence-electron chi connectivity index (χ2n) is 2.03. The fourth-order valence-corrected chi connectivity index (χ4v) is 1.24. The van der Waals surface area contributed by atoms with Gasteiger partial charge < -0.3 is 5.11 Å². The molecule has 0 saturated carbocycles. The molecule has 0 bridgehead atoms. The van der Waals surface area contributed by atoms with Gasteiger partial charge in [-0.05, 0) is 5.92 Å². The average molecular weight is 195 g/mol. The third kappa shape index (κ3) is 4.45. The first kappa shape index (κ1) is 8.95. The fraction of sp³-hybridized carbons (Fsp3) is 0.833. The van der Waals surface area contributed by atoms with E-state index < -0.39 is 5.97 Å².